The molecule has 2 atom stereocenters. The maximum Gasteiger partial charge on any atom is 0.338 e. The Bertz CT molecular complexity index is 648. The minimum Gasteiger partial charge on any atom is -0.452 e. The Kier molecular flexibility index (Phi) is 5.14. The largest absolute Gasteiger partial charge is 0.452 e. The lowest BCUT2D eigenvalue weighted by Crippen LogP contribution is -2.46. The molecule has 0 bridgehead atoms. The molecule has 24 heavy (non-hydrogen) atoms. The Labute approximate surface area is 142 Å². The fourth-order valence-corrected chi connectivity index (χ4v) is 3.81. The molecule has 0 unspecified atom stereocenters. The Balaban J connectivity index is 1.49. The van der Waals surface area contributed by atoms with Crippen molar-refractivity contribution >= 4 is 11.9 Å². The van der Waals surface area contributed by atoms with Crippen LogP contribution in [0.25, 0.3) is 0 Å². The summed E-state index contributed by atoms with van der Waals surface area (Å²) < 4.78 is 5.14. The minimum atomic E-state index is -0.527. The molecule has 1 aromatic rings. The molecule has 2 aliphatic rings. The first-order chi connectivity index (χ1) is 11.7. The van der Waals surface area contributed by atoms with Crippen LogP contribution in [0.1, 0.15) is 48.0 Å². The summed E-state index contributed by atoms with van der Waals surface area (Å²) in [6.07, 6.45) is 6.15. The molecular formula is C19H22N2O3. The quantitative estimate of drug-likeness (QED) is 0.801. The van der Waals surface area contributed by atoms with E-state index in [0.717, 1.165) is 25.4 Å². The van der Waals surface area contributed by atoms with Gasteiger partial charge in [0.2, 0.25) is 0 Å². The highest BCUT2D eigenvalue weighted by molar-refractivity contribution is 5.91. The molecule has 0 radical (unpaired) electrons. The summed E-state index contributed by atoms with van der Waals surface area (Å²) in [5, 5.41) is 8.75. The van der Waals surface area contributed by atoms with Gasteiger partial charge < -0.3 is 9.64 Å². The van der Waals surface area contributed by atoms with Gasteiger partial charge in [-0.1, -0.05) is 19.3 Å². The molecule has 1 aromatic carbocycles. The van der Waals surface area contributed by atoms with Gasteiger partial charge in [-0.3, -0.25) is 4.79 Å². The van der Waals surface area contributed by atoms with Crippen LogP contribution in [0.5, 0.6) is 0 Å². The van der Waals surface area contributed by atoms with Crippen molar-refractivity contribution in [2.75, 3.05) is 19.7 Å². The van der Waals surface area contributed by atoms with Crippen LogP contribution in [0.2, 0.25) is 0 Å². The van der Waals surface area contributed by atoms with Crippen molar-refractivity contribution in [3.63, 3.8) is 0 Å². The summed E-state index contributed by atoms with van der Waals surface area (Å²) in [6, 6.07) is 8.20. The number of nitriles is 1. The average Bonchev–Trinajstić information content (AvgIpc) is 2.65. The summed E-state index contributed by atoms with van der Waals surface area (Å²) in [4.78, 5) is 26.1. The van der Waals surface area contributed by atoms with Gasteiger partial charge >= 0.3 is 5.97 Å². The third kappa shape index (κ3) is 3.76. The van der Waals surface area contributed by atoms with Gasteiger partial charge in [-0.2, -0.15) is 5.26 Å². The van der Waals surface area contributed by atoms with Gasteiger partial charge in [0.1, 0.15) is 0 Å². The number of hydrogen-bond acceptors (Lipinski definition) is 4. The lowest BCUT2D eigenvalue weighted by atomic mass is 9.75. The van der Waals surface area contributed by atoms with E-state index in [9.17, 15) is 9.59 Å². The van der Waals surface area contributed by atoms with E-state index in [-0.39, 0.29) is 12.5 Å². The predicted molar refractivity (Wildman–Crippen MR) is 88.1 cm³/mol. The molecule has 3 rings (SSSR count). The molecule has 1 aliphatic heterocycles. The molecule has 1 saturated heterocycles. The molecule has 0 spiro atoms. The number of likely N-dealkylation sites (tertiary alicyclic amines) is 1. The number of esters is 1. The van der Waals surface area contributed by atoms with E-state index in [2.05, 4.69) is 0 Å². The van der Waals surface area contributed by atoms with Crippen molar-refractivity contribution in [2.24, 2.45) is 11.8 Å². The Morgan fingerprint density at radius 3 is 2.54 bits per heavy atom. The van der Waals surface area contributed by atoms with Crippen molar-refractivity contribution < 1.29 is 14.3 Å². The van der Waals surface area contributed by atoms with Crippen molar-refractivity contribution in [1.29, 1.82) is 5.26 Å². The molecule has 1 heterocycles. The molecule has 2 fully saturated rings. The highest BCUT2D eigenvalue weighted by Gasteiger charge is 2.33. The minimum absolute atomic E-state index is 0.110. The average molecular weight is 326 g/mol. The number of carbonyl (C=O) groups excluding carboxylic acids is 2. The van der Waals surface area contributed by atoms with E-state index in [1.807, 2.05) is 11.0 Å². The van der Waals surface area contributed by atoms with Gasteiger partial charge in [0, 0.05) is 13.1 Å². The summed E-state index contributed by atoms with van der Waals surface area (Å²) >= 11 is 0. The Hall–Kier alpha value is -2.35. The maximum atomic E-state index is 12.3. The highest BCUT2D eigenvalue weighted by atomic mass is 16.5. The van der Waals surface area contributed by atoms with Crippen LogP contribution in [0.15, 0.2) is 24.3 Å². The number of rotatable bonds is 3. The van der Waals surface area contributed by atoms with Crippen LogP contribution >= 0.6 is 0 Å². The van der Waals surface area contributed by atoms with Gasteiger partial charge in [-0.25, -0.2) is 4.79 Å². The number of amides is 1. The number of ether oxygens (including phenoxy) is 1. The molecule has 1 aliphatic carbocycles. The van der Waals surface area contributed by atoms with E-state index in [0.29, 0.717) is 17.0 Å². The van der Waals surface area contributed by atoms with E-state index in [1.54, 1.807) is 24.3 Å². The third-order valence-electron chi connectivity index (χ3n) is 5.22. The first kappa shape index (κ1) is 16.5. The van der Waals surface area contributed by atoms with Crippen LogP contribution in [0.3, 0.4) is 0 Å². The predicted octanol–water partition coefficient (Wildman–Crippen LogP) is 2.75. The number of piperidine rings is 1. The summed E-state index contributed by atoms with van der Waals surface area (Å²) in [6.45, 7) is 1.36. The van der Waals surface area contributed by atoms with Crippen LogP contribution in [0.4, 0.5) is 0 Å². The zero-order valence-corrected chi connectivity index (χ0v) is 13.7. The van der Waals surface area contributed by atoms with Gasteiger partial charge in [-0.15, -0.1) is 0 Å². The SMILES string of the molecule is N#Cc1ccc(C(=O)OCC(=O)N2CC[C@H]3CCCC[C@H]3C2)cc1. The first-order valence-electron chi connectivity index (χ1n) is 8.62. The fraction of sp³-hybridized carbons (Fsp3) is 0.526. The van der Waals surface area contributed by atoms with Gasteiger partial charge in [-0.05, 0) is 48.9 Å². The lowest BCUT2D eigenvalue weighted by molar-refractivity contribution is -0.137. The lowest BCUT2D eigenvalue weighted by Gasteiger charge is -2.41. The Morgan fingerprint density at radius 1 is 1.12 bits per heavy atom. The molecule has 0 aromatic heterocycles. The zero-order valence-electron chi connectivity index (χ0n) is 13.7. The second-order valence-electron chi connectivity index (χ2n) is 6.70. The van der Waals surface area contributed by atoms with Crippen LogP contribution in [0, 0.1) is 23.2 Å². The van der Waals surface area contributed by atoms with E-state index < -0.39 is 5.97 Å². The second-order valence-corrected chi connectivity index (χ2v) is 6.70. The van der Waals surface area contributed by atoms with Crippen LogP contribution in [-0.4, -0.2) is 36.5 Å². The monoisotopic (exact) mass is 326 g/mol. The van der Waals surface area contributed by atoms with Crippen LogP contribution < -0.4 is 0 Å². The third-order valence-corrected chi connectivity index (χ3v) is 5.22. The van der Waals surface area contributed by atoms with E-state index in [4.69, 9.17) is 10.00 Å². The smallest absolute Gasteiger partial charge is 0.338 e. The molecule has 5 heteroatoms. The van der Waals surface area contributed by atoms with Gasteiger partial charge in [0.05, 0.1) is 17.2 Å². The molecular weight excluding hydrogens is 304 g/mol. The summed E-state index contributed by atoms with van der Waals surface area (Å²) in [7, 11) is 0. The normalized spacial score (nSPS) is 23.0. The van der Waals surface area contributed by atoms with E-state index >= 15 is 0 Å². The summed E-state index contributed by atoms with van der Waals surface area (Å²) in [5.74, 6) is 0.746. The Morgan fingerprint density at radius 2 is 1.83 bits per heavy atom. The van der Waals surface area contributed by atoms with Crippen molar-refractivity contribution in [3.05, 3.63) is 35.4 Å². The number of carbonyl (C=O) groups is 2. The molecule has 5 nitrogen and oxygen atoms in total. The number of hydrogen-bond donors (Lipinski definition) is 0. The summed E-state index contributed by atoms with van der Waals surface area (Å²) in [5.41, 5.74) is 0.839. The standard InChI is InChI=1S/C19H22N2O3/c20-11-14-5-7-16(8-6-14)19(23)24-13-18(22)21-10-9-15-3-1-2-4-17(15)12-21/h5-8,15,17H,1-4,9-10,12-13H2/t15-,17+/m1/s1. The zero-order chi connectivity index (χ0) is 16.9. The topological polar surface area (TPSA) is 70.4 Å². The first-order valence-corrected chi connectivity index (χ1v) is 8.62. The molecule has 1 amide bonds. The fourth-order valence-electron chi connectivity index (χ4n) is 3.81. The number of benzene rings is 1. The van der Waals surface area contributed by atoms with Crippen molar-refractivity contribution in [3.8, 4) is 6.07 Å². The van der Waals surface area contributed by atoms with Gasteiger partial charge in [0.15, 0.2) is 6.61 Å². The molecule has 126 valence electrons. The number of nitrogens with zero attached hydrogens (tertiary/aromatic N) is 2. The van der Waals surface area contributed by atoms with Crippen molar-refractivity contribution in [1.82, 2.24) is 4.90 Å². The number of fused-ring (bicyclic) bond motifs is 1. The van der Waals surface area contributed by atoms with Crippen LogP contribution in [-0.2, 0) is 9.53 Å². The highest BCUT2D eigenvalue weighted by Crippen LogP contribution is 2.35. The van der Waals surface area contributed by atoms with Crippen molar-refractivity contribution in [2.45, 2.75) is 32.1 Å². The molecule has 1 saturated carbocycles. The molecule has 0 N–H and O–H groups in total. The maximum absolute atomic E-state index is 12.3. The second kappa shape index (κ2) is 7.48. The van der Waals surface area contributed by atoms with Gasteiger partial charge in [0.25, 0.3) is 5.91 Å². The van der Waals surface area contributed by atoms with E-state index in [1.165, 1.54) is 25.7 Å².